The monoisotopic (exact) mass is 297 g/mol. The minimum Gasteiger partial charge on any atom is -0.466 e. The van der Waals surface area contributed by atoms with Crippen molar-refractivity contribution in [2.24, 2.45) is 11.7 Å². The van der Waals surface area contributed by atoms with E-state index in [1.54, 1.807) is 0 Å². The van der Waals surface area contributed by atoms with E-state index in [0.29, 0.717) is 19.7 Å². The zero-order chi connectivity index (χ0) is 15.2. The number of nitrogens with two attached hydrogens (primary N) is 1. The smallest absolute Gasteiger partial charge is 0.310 e. The molecule has 2 atom stereocenters. The number of hydrogen-bond acceptors (Lipinski definition) is 5. The van der Waals surface area contributed by atoms with Crippen LogP contribution < -0.4 is 5.73 Å². The van der Waals surface area contributed by atoms with Crippen LogP contribution in [0.2, 0.25) is 0 Å². The van der Waals surface area contributed by atoms with Crippen LogP contribution in [0, 0.1) is 5.92 Å². The van der Waals surface area contributed by atoms with Crippen LogP contribution in [0.4, 0.5) is 0 Å². The number of esters is 1. The van der Waals surface area contributed by atoms with E-state index in [-0.39, 0.29) is 23.8 Å². The first-order valence-corrected chi connectivity index (χ1v) is 8.02. The molecule has 1 unspecified atom stereocenters. The molecule has 0 spiro atoms. The summed E-state index contributed by atoms with van der Waals surface area (Å²) < 4.78 is 5.07. The summed E-state index contributed by atoms with van der Waals surface area (Å²) in [6.07, 6.45) is 3.78. The highest BCUT2D eigenvalue weighted by Gasteiger charge is 2.30. The molecule has 6 heteroatoms. The largest absolute Gasteiger partial charge is 0.466 e. The molecular weight excluding hydrogens is 270 g/mol. The van der Waals surface area contributed by atoms with Gasteiger partial charge >= 0.3 is 5.97 Å². The summed E-state index contributed by atoms with van der Waals surface area (Å²) in [5, 5.41) is 0. The van der Waals surface area contributed by atoms with Gasteiger partial charge in [0, 0.05) is 25.7 Å². The third-order valence-electron chi connectivity index (χ3n) is 4.29. The molecule has 2 aliphatic heterocycles. The SMILES string of the molecule is CCOC(=O)C1CCCN(C(=O)CN2CCC[C@H](N)C2)C1. The van der Waals surface area contributed by atoms with Gasteiger partial charge in [-0.2, -0.15) is 0 Å². The molecule has 2 saturated heterocycles. The summed E-state index contributed by atoms with van der Waals surface area (Å²) in [7, 11) is 0. The fourth-order valence-electron chi connectivity index (χ4n) is 3.18. The lowest BCUT2D eigenvalue weighted by molar-refractivity contribution is -0.151. The maximum atomic E-state index is 12.4. The second-order valence-corrected chi connectivity index (χ2v) is 6.07. The molecule has 21 heavy (non-hydrogen) atoms. The third-order valence-corrected chi connectivity index (χ3v) is 4.29. The van der Waals surface area contributed by atoms with Crippen LogP contribution in [0.5, 0.6) is 0 Å². The minimum atomic E-state index is -0.171. The number of carbonyl (C=O) groups excluding carboxylic acids is 2. The zero-order valence-corrected chi connectivity index (χ0v) is 12.9. The van der Waals surface area contributed by atoms with Gasteiger partial charge < -0.3 is 15.4 Å². The van der Waals surface area contributed by atoms with E-state index in [2.05, 4.69) is 4.90 Å². The van der Waals surface area contributed by atoms with Gasteiger partial charge in [0.05, 0.1) is 19.1 Å². The van der Waals surface area contributed by atoms with Crippen LogP contribution >= 0.6 is 0 Å². The molecule has 1 amide bonds. The van der Waals surface area contributed by atoms with Gasteiger partial charge in [-0.15, -0.1) is 0 Å². The molecule has 6 nitrogen and oxygen atoms in total. The average Bonchev–Trinajstić information content (AvgIpc) is 2.47. The highest BCUT2D eigenvalue weighted by Crippen LogP contribution is 2.18. The Morgan fingerprint density at radius 2 is 1.95 bits per heavy atom. The minimum absolute atomic E-state index is 0.109. The van der Waals surface area contributed by atoms with Crippen molar-refractivity contribution >= 4 is 11.9 Å². The van der Waals surface area contributed by atoms with Crippen molar-refractivity contribution in [3.05, 3.63) is 0 Å². The Morgan fingerprint density at radius 1 is 1.19 bits per heavy atom. The van der Waals surface area contributed by atoms with Crippen molar-refractivity contribution in [2.75, 3.05) is 39.3 Å². The van der Waals surface area contributed by atoms with Gasteiger partial charge in [0.25, 0.3) is 0 Å². The topological polar surface area (TPSA) is 75.9 Å². The highest BCUT2D eigenvalue weighted by atomic mass is 16.5. The van der Waals surface area contributed by atoms with Gasteiger partial charge in [-0.3, -0.25) is 14.5 Å². The molecular formula is C15H27N3O3. The third kappa shape index (κ3) is 4.68. The number of piperidine rings is 2. The number of ether oxygens (including phenoxy) is 1. The second kappa shape index (κ2) is 7.75. The van der Waals surface area contributed by atoms with Crippen molar-refractivity contribution in [3.63, 3.8) is 0 Å². The van der Waals surface area contributed by atoms with Gasteiger partial charge in [-0.25, -0.2) is 0 Å². The van der Waals surface area contributed by atoms with Crippen molar-refractivity contribution < 1.29 is 14.3 Å². The quantitative estimate of drug-likeness (QED) is 0.751. The van der Waals surface area contributed by atoms with Crippen molar-refractivity contribution in [3.8, 4) is 0 Å². The fraction of sp³-hybridized carbons (Fsp3) is 0.867. The number of rotatable bonds is 4. The zero-order valence-electron chi connectivity index (χ0n) is 12.9. The van der Waals surface area contributed by atoms with Crippen LogP contribution in [-0.2, 0) is 14.3 Å². The first kappa shape index (κ1) is 16.2. The number of nitrogens with zero attached hydrogens (tertiary/aromatic N) is 2. The van der Waals surface area contributed by atoms with Crippen LogP contribution in [-0.4, -0.2) is 67.0 Å². The van der Waals surface area contributed by atoms with Gasteiger partial charge in [0.15, 0.2) is 0 Å². The van der Waals surface area contributed by atoms with E-state index in [1.807, 2.05) is 11.8 Å². The highest BCUT2D eigenvalue weighted by molar-refractivity contribution is 5.80. The molecule has 2 heterocycles. The van der Waals surface area contributed by atoms with Gasteiger partial charge in [-0.1, -0.05) is 0 Å². The molecule has 0 aromatic rings. The summed E-state index contributed by atoms with van der Waals surface area (Å²) in [5.74, 6) is -0.223. The van der Waals surface area contributed by atoms with E-state index < -0.39 is 0 Å². The maximum absolute atomic E-state index is 12.4. The Morgan fingerprint density at radius 3 is 2.67 bits per heavy atom. The summed E-state index contributed by atoms with van der Waals surface area (Å²) in [5.41, 5.74) is 5.95. The molecule has 0 radical (unpaired) electrons. The molecule has 2 fully saturated rings. The van der Waals surface area contributed by atoms with E-state index in [4.69, 9.17) is 10.5 Å². The molecule has 2 N–H and O–H groups in total. The fourth-order valence-corrected chi connectivity index (χ4v) is 3.18. The first-order chi connectivity index (χ1) is 10.1. The molecule has 0 aliphatic carbocycles. The number of likely N-dealkylation sites (tertiary alicyclic amines) is 2. The predicted molar refractivity (Wildman–Crippen MR) is 79.6 cm³/mol. The van der Waals surface area contributed by atoms with Crippen molar-refractivity contribution in [1.29, 1.82) is 0 Å². The normalized spacial score (nSPS) is 27.4. The molecule has 0 bridgehead atoms. The lowest BCUT2D eigenvalue weighted by Crippen LogP contribution is -2.50. The molecule has 0 aromatic carbocycles. The van der Waals surface area contributed by atoms with Crippen LogP contribution in [0.3, 0.4) is 0 Å². The number of amides is 1. The Labute approximate surface area is 126 Å². The van der Waals surface area contributed by atoms with Crippen molar-refractivity contribution in [1.82, 2.24) is 9.80 Å². The van der Waals surface area contributed by atoms with Crippen LogP contribution in [0.25, 0.3) is 0 Å². The van der Waals surface area contributed by atoms with E-state index in [1.165, 1.54) is 0 Å². The van der Waals surface area contributed by atoms with Gasteiger partial charge in [0.2, 0.25) is 5.91 Å². The standard InChI is InChI=1S/C15H27N3O3/c1-2-21-15(20)12-5-3-8-18(9-12)14(19)11-17-7-4-6-13(16)10-17/h12-13H,2-11,16H2,1H3/t12?,13-/m0/s1. The van der Waals surface area contributed by atoms with E-state index in [9.17, 15) is 9.59 Å². The average molecular weight is 297 g/mol. The number of hydrogen-bond donors (Lipinski definition) is 1. The summed E-state index contributed by atoms with van der Waals surface area (Å²) in [4.78, 5) is 28.1. The molecule has 0 saturated carbocycles. The Hall–Kier alpha value is -1.14. The molecule has 2 aliphatic rings. The van der Waals surface area contributed by atoms with Gasteiger partial charge in [0.1, 0.15) is 0 Å². The lowest BCUT2D eigenvalue weighted by atomic mass is 9.98. The van der Waals surface area contributed by atoms with Gasteiger partial charge in [-0.05, 0) is 39.2 Å². The Balaban J connectivity index is 1.82. The molecule has 2 rings (SSSR count). The van der Waals surface area contributed by atoms with Crippen LogP contribution in [0.1, 0.15) is 32.6 Å². The lowest BCUT2D eigenvalue weighted by Gasteiger charge is -2.35. The first-order valence-electron chi connectivity index (χ1n) is 8.02. The Kier molecular flexibility index (Phi) is 5.99. The second-order valence-electron chi connectivity index (χ2n) is 6.07. The maximum Gasteiger partial charge on any atom is 0.310 e. The van der Waals surface area contributed by atoms with E-state index in [0.717, 1.165) is 45.3 Å². The summed E-state index contributed by atoms with van der Waals surface area (Å²) >= 11 is 0. The van der Waals surface area contributed by atoms with E-state index >= 15 is 0 Å². The number of carbonyl (C=O) groups is 2. The van der Waals surface area contributed by atoms with Crippen molar-refractivity contribution in [2.45, 2.75) is 38.6 Å². The summed E-state index contributed by atoms with van der Waals surface area (Å²) in [6.45, 7) is 5.60. The molecule has 120 valence electrons. The Bertz CT molecular complexity index is 375. The predicted octanol–water partition coefficient (Wildman–Crippen LogP) is 0.211. The van der Waals surface area contributed by atoms with Crippen LogP contribution in [0.15, 0.2) is 0 Å². The summed E-state index contributed by atoms with van der Waals surface area (Å²) in [6, 6.07) is 0.181. The molecule has 0 aromatic heterocycles.